The molecule has 0 saturated heterocycles. The van der Waals surface area contributed by atoms with Crippen molar-refractivity contribution in [2.24, 2.45) is 5.73 Å². The van der Waals surface area contributed by atoms with Crippen molar-refractivity contribution >= 4 is 15.9 Å². The van der Waals surface area contributed by atoms with Crippen LogP contribution in [0.4, 0.5) is 0 Å². The maximum atomic E-state index is 5.73. The number of nitrogens with two attached hydrogens (primary N) is 1. The molecule has 0 bridgehead atoms. The van der Waals surface area contributed by atoms with E-state index in [-0.39, 0.29) is 0 Å². The van der Waals surface area contributed by atoms with Crippen LogP contribution in [-0.2, 0) is 19.4 Å². The molecule has 3 rings (SSSR count). The molecule has 19 heavy (non-hydrogen) atoms. The van der Waals surface area contributed by atoms with Crippen molar-refractivity contribution in [2.45, 2.75) is 32.2 Å². The third-order valence-corrected chi connectivity index (χ3v) is 4.21. The summed E-state index contributed by atoms with van der Waals surface area (Å²) in [6.45, 7) is 1.70. The zero-order valence-electron chi connectivity index (χ0n) is 10.9. The van der Waals surface area contributed by atoms with Gasteiger partial charge in [-0.2, -0.15) is 5.10 Å². The van der Waals surface area contributed by atoms with Gasteiger partial charge in [0.15, 0.2) is 0 Å². The molecule has 2 N–H and O–H groups in total. The Morgan fingerprint density at radius 3 is 2.74 bits per heavy atom. The highest BCUT2D eigenvalue weighted by Crippen LogP contribution is 2.32. The third-order valence-electron chi connectivity index (χ3n) is 3.68. The average molecular weight is 320 g/mol. The standard InChI is InChI=1S/C15H18BrN3/c16-12-6-4-11(5-7-12)15-13(8-9-17)18-19-10-2-1-3-14(15)19/h4-7H,1-3,8-10,17H2. The van der Waals surface area contributed by atoms with Crippen LogP contribution in [0.15, 0.2) is 28.7 Å². The zero-order chi connectivity index (χ0) is 13.2. The molecule has 1 aliphatic heterocycles. The minimum Gasteiger partial charge on any atom is -0.330 e. The second-order valence-electron chi connectivity index (χ2n) is 4.99. The number of nitrogens with zero attached hydrogens (tertiary/aromatic N) is 2. The van der Waals surface area contributed by atoms with E-state index in [1.807, 2.05) is 0 Å². The van der Waals surface area contributed by atoms with Gasteiger partial charge in [-0.05, 0) is 43.5 Å². The first kappa shape index (κ1) is 12.9. The van der Waals surface area contributed by atoms with Crippen molar-refractivity contribution < 1.29 is 0 Å². The summed E-state index contributed by atoms with van der Waals surface area (Å²) in [7, 11) is 0. The van der Waals surface area contributed by atoms with Gasteiger partial charge in [-0.1, -0.05) is 28.1 Å². The van der Waals surface area contributed by atoms with Gasteiger partial charge in [0, 0.05) is 28.7 Å². The third kappa shape index (κ3) is 2.47. The molecule has 1 aromatic carbocycles. The molecule has 0 radical (unpaired) electrons. The van der Waals surface area contributed by atoms with Crippen LogP contribution >= 0.6 is 15.9 Å². The Morgan fingerprint density at radius 2 is 2.00 bits per heavy atom. The molecule has 0 fully saturated rings. The summed E-state index contributed by atoms with van der Waals surface area (Å²) in [4.78, 5) is 0. The van der Waals surface area contributed by atoms with Crippen LogP contribution < -0.4 is 5.73 Å². The molecule has 1 aromatic heterocycles. The van der Waals surface area contributed by atoms with E-state index in [9.17, 15) is 0 Å². The number of benzene rings is 1. The van der Waals surface area contributed by atoms with Gasteiger partial charge in [-0.25, -0.2) is 0 Å². The Hall–Kier alpha value is -1.13. The summed E-state index contributed by atoms with van der Waals surface area (Å²) in [6, 6.07) is 8.51. The minimum atomic E-state index is 0.653. The fourth-order valence-electron chi connectivity index (χ4n) is 2.81. The highest BCUT2D eigenvalue weighted by Gasteiger charge is 2.20. The van der Waals surface area contributed by atoms with E-state index in [1.54, 1.807) is 0 Å². The molecule has 0 spiro atoms. The molecular weight excluding hydrogens is 302 g/mol. The Morgan fingerprint density at radius 1 is 1.21 bits per heavy atom. The predicted molar refractivity (Wildman–Crippen MR) is 81.1 cm³/mol. The van der Waals surface area contributed by atoms with E-state index in [2.05, 4.69) is 44.9 Å². The van der Waals surface area contributed by atoms with E-state index in [1.165, 1.54) is 29.7 Å². The van der Waals surface area contributed by atoms with Gasteiger partial charge >= 0.3 is 0 Å². The van der Waals surface area contributed by atoms with Crippen molar-refractivity contribution in [1.82, 2.24) is 9.78 Å². The second kappa shape index (κ2) is 5.47. The summed E-state index contributed by atoms with van der Waals surface area (Å²) < 4.78 is 3.30. The Bertz CT molecular complexity index is 572. The lowest BCUT2D eigenvalue weighted by atomic mass is 9.97. The van der Waals surface area contributed by atoms with E-state index in [0.717, 1.165) is 29.6 Å². The van der Waals surface area contributed by atoms with Crippen LogP contribution in [0.3, 0.4) is 0 Å². The molecule has 0 aliphatic carbocycles. The molecule has 1 aliphatic rings. The number of hydrogen-bond donors (Lipinski definition) is 1. The summed E-state index contributed by atoms with van der Waals surface area (Å²) in [6.07, 6.45) is 4.47. The maximum absolute atomic E-state index is 5.73. The Balaban J connectivity index is 2.11. The quantitative estimate of drug-likeness (QED) is 0.944. The SMILES string of the molecule is NCCc1nn2c(c1-c1ccc(Br)cc1)CCCC2. The summed E-state index contributed by atoms with van der Waals surface area (Å²) in [5, 5.41) is 4.76. The van der Waals surface area contributed by atoms with Gasteiger partial charge in [-0.15, -0.1) is 0 Å². The number of fused-ring (bicyclic) bond motifs is 1. The Labute approximate surface area is 121 Å². The first-order valence-corrected chi connectivity index (χ1v) is 7.63. The van der Waals surface area contributed by atoms with Crippen molar-refractivity contribution in [3.05, 3.63) is 40.1 Å². The van der Waals surface area contributed by atoms with E-state index in [4.69, 9.17) is 10.8 Å². The van der Waals surface area contributed by atoms with Gasteiger partial charge in [0.2, 0.25) is 0 Å². The van der Waals surface area contributed by atoms with Crippen LogP contribution in [0.5, 0.6) is 0 Å². The molecule has 0 atom stereocenters. The summed E-state index contributed by atoms with van der Waals surface area (Å²) in [5.74, 6) is 0. The number of rotatable bonds is 3. The Kier molecular flexibility index (Phi) is 3.71. The summed E-state index contributed by atoms with van der Waals surface area (Å²) in [5.41, 5.74) is 10.8. The fourth-order valence-corrected chi connectivity index (χ4v) is 3.07. The predicted octanol–water partition coefficient (Wildman–Crippen LogP) is 3.15. The van der Waals surface area contributed by atoms with Crippen molar-refractivity contribution in [2.75, 3.05) is 6.54 Å². The van der Waals surface area contributed by atoms with Gasteiger partial charge in [0.05, 0.1) is 5.69 Å². The van der Waals surface area contributed by atoms with Crippen molar-refractivity contribution in [3.8, 4) is 11.1 Å². The number of aromatic nitrogens is 2. The van der Waals surface area contributed by atoms with E-state index < -0.39 is 0 Å². The average Bonchev–Trinajstić information content (AvgIpc) is 2.78. The van der Waals surface area contributed by atoms with Gasteiger partial charge in [-0.3, -0.25) is 4.68 Å². The minimum absolute atomic E-state index is 0.653. The topological polar surface area (TPSA) is 43.8 Å². The van der Waals surface area contributed by atoms with Crippen LogP contribution in [-0.4, -0.2) is 16.3 Å². The maximum Gasteiger partial charge on any atom is 0.0718 e. The first-order chi connectivity index (χ1) is 9.29. The van der Waals surface area contributed by atoms with Crippen LogP contribution in [0.2, 0.25) is 0 Å². The molecule has 2 heterocycles. The molecular formula is C15H18BrN3. The normalized spacial score (nSPS) is 14.4. The lowest BCUT2D eigenvalue weighted by Crippen LogP contribution is -2.11. The molecule has 0 amide bonds. The van der Waals surface area contributed by atoms with E-state index in [0.29, 0.717) is 6.54 Å². The van der Waals surface area contributed by atoms with Crippen molar-refractivity contribution in [3.63, 3.8) is 0 Å². The zero-order valence-corrected chi connectivity index (χ0v) is 12.5. The fraction of sp³-hybridized carbons (Fsp3) is 0.400. The van der Waals surface area contributed by atoms with Crippen LogP contribution in [0, 0.1) is 0 Å². The largest absolute Gasteiger partial charge is 0.330 e. The molecule has 100 valence electrons. The summed E-state index contributed by atoms with van der Waals surface area (Å²) >= 11 is 3.49. The van der Waals surface area contributed by atoms with Gasteiger partial charge < -0.3 is 5.73 Å². The lowest BCUT2D eigenvalue weighted by molar-refractivity contribution is 0.484. The molecule has 0 saturated carbocycles. The highest BCUT2D eigenvalue weighted by atomic mass is 79.9. The second-order valence-corrected chi connectivity index (χ2v) is 5.91. The van der Waals surface area contributed by atoms with Gasteiger partial charge in [0.1, 0.15) is 0 Å². The molecule has 2 aromatic rings. The smallest absolute Gasteiger partial charge is 0.0718 e. The molecule has 4 heteroatoms. The van der Waals surface area contributed by atoms with Gasteiger partial charge in [0.25, 0.3) is 0 Å². The van der Waals surface area contributed by atoms with Crippen LogP contribution in [0.1, 0.15) is 24.2 Å². The first-order valence-electron chi connectivity index (χ1n) is 6.84. The number of hydrogen-bond acceptors (Lipinski definition) is 2. The number of halogens is 1. The van der Waals surface area contributed by atoms with Crippen molar-refractivity contribution in [1.29, 1.82) is 0 Å². The van der Waals surface area contributed by atoms with Crippen LogP contribution in [0.25, 0.3) is 11.1 Å². The monoisotopic (exact) mass is 319 g/mol. The molecule has 0 unspecified atom stereocenters. The lowest BCUT2D eigenvalue weighted by Gasteiger charge is -2.14. The highest BCUT2D eigenvalue weighted by molar-refractivity contribution is 9.10. The van der Waals surface area contributed by atoms with E-state index >= 15 is 0 Å². The number of aryl methyl sites for hydroxylation is 1. The molecule has 3 nitrogen and oxygen atoms in total.